The third kappa shape index (κ3) is 3.24. The van der Waals surface area contributed by atoms with E-state index < -0.39 is 0 Å². The predicted molar refractivity (Wildman–Crippen MR) is 59.6 cm³/mol. The van der Waals surface area contributed by atoms with Gasteiger partial charge in [-0.2, -0.15) is 16.9 Å². The van der Waals surface area contributed by atoms with Crippen molar-refractivity contribution in [1.82, 2.24) is 9.78 Å². The number of aryl methyl sites for hydroxylation is 1. The fraction of sp³-hybridized carbons (Fsp3) is 0.667. The van der Waals surface area contributed by atoms with Crippen LogP contribution in [0.25, 0.3) is 0 Å². The highest BCUT2D eigenvalue weighted by atomic mass is 35.5. The maximum atomic E-state index is 5.88. The molecule has 0 aliphatic rings. The van der Waals surface area contributed by atoms with Crippen LogP contribution in [0.3, 0.4) is 0 Å². The molecule has 1 heterocycles. The zero-order valence-electron chi connectivity index (χ0n) is 8.09. The summed E-state index contributed by atoms with van der Waals surface area (Å²) in [6.07, 6.45) is 2.88. The average Bonchev–Trinajstić information content (AvgIpc) is 2.43. The summed E-state index contributed by atoms with van der Waals surface area (Å²) in [6, 6.07) is 0. The number of hydrogen-bond donors (Lipinski definition) is 0. The fourth-order valence-electron chi connectivity index (χ4n) is 1.11. The van der Waals surface area contributed by atoms with Crippen LogP contribution in [0.5, 0.6) is 0 Å². The van der Waals surface area contributed by atoms with Gasteiger partial charge in [0.1, 0.15) is 0 Å². The molecule has 0 N–H and O–H groups in total. The Morgan fingerprint density at radius 1 is 1.62 bits per heavy atom. The lowest BCUT2D eigenvalue weighted by molar-refractivity contribution is 0.590. The molecule has 1 aromatic rings. The van der Waals surface area contributed by atoms with Crippen LogP contribution in [-0.2, 0) is 6.54 Å². The van der Waals surface area contributed by atoms with E-state index in [1.54, 1.807) is 6.20 Å². The van der Waals surface area contributed by atoms with Crippen LogP contribution in [0.2, 0.25) is 5.02 Å². The number of thioether (sulfide) groups is 1. The summed E-state index contributed by atoms with van der Waals surface area (Å²) in [7, 11) is 0. The molecule has 2 nitrogen and oxygen atoms in total. The fourth-order valence-corrected chi connectivity index (χ4v) is 1.87. The van der Waals surface area contributed by atoms with E-state index in [-0.39, 0.29) is 0 Å². The summed E-state index contributed by atoms with van der Waals surface area (Å²) >= 11 is 7.85. The van der Waals surface area contributed by atoms with Crippen LogP contribution in [-0.4, -0.2) is 21.3 Å². The van der Waals surface area contributed by atoms with E-state index in [1.807, 2.05) is 23.4 Å². The van der Waals surface area contributed by atoms with Crippen molar-refractivity contribution < 1.29 is 0 Å². The van der Waals surface area contributed by atoms with Crippen LogP contribution in [0.15, 0.2) is 6.20 Å². The van der Waals surface area contributed by atoms with Crippen LogP contribution >= 0.6 is 23.4 Å². The molecule has 0 saturated carbocycles. The van der Waals surface area contributed by atoms with Crippen molar-refractivity contribution in [2.75, 3.05) is 11.5 Å². The summed E-state index contributed by atoms with van der Waals surface area (Å²) in [6.45, 7) is 5.16. The van der Waals surface area contributed by atoms with E-state index in [1.165, 1.54) is 11.5 Å². The topological polar surface area (TPSA) is 17.8 Å². The minimum Gasteiger partial charge on any atom is -0.268 e. The minimum atomic E-state index is 0.767. The summed E-state index contributed by atoms with van der Waals surface area (Å²) in [5, 5.41) is 4.96. The van der Waals surface area contributed by atoms with Gasteiger partial charge in [0, 0.05) is 6.54 Å². The molecule has 0 aliphatic carbocycles. The Hall–Kier alpha value is -0.150. The van der Waals surface area contributed by atoms with Gasteiger partial charge in [0.15, 0.2) is 0 Å². The van der Waals surface area contributed by atoms with Gasteiger partial charge in [-0.3, -0.25) is 4.68 Å². The summed E-state index contributed by atoms with van der Waals surface area (Å²) in [5.74, 6) is 2.40. The Kier molecular flexibility index (Phi) is 4.67. The second-order valence-corrected chi connectivity index (χ2v) is 4.65. The van der Waals surface area contributed by atoms with Crippen LogP contribution < -0.4 is 0 Å². The Morgan fingerprint density at radius 3 is 2.92 bits per heavy atom. The van der Waals surface area contributed by atoms with Crippen LogP contribution in [0.4, 0.5) is 0 Å². The van der Waals surface area contributed by atoms with Crippen molar-refractivity contribution in [3.8, 4) is 0 Å². The Balaban J connectivity index is 2.32. The number of aromatic nitrogens is 2. The molecule has 0 bridgehead atoms. The molecule has 1 aromatic heterocycles. The standard InChI is InChI=1S/C9H15ClN2S/c1-3-13-6-4-5-12-8(2)9(10)7-11-12/h7H,3-6H2,1-2H3. The van der Waals surface area contributed by atoms with Gasteiger partial charge in [0.2, 0.25) is 0 Å². The molecule has 0 unspecified atom stereocenters. The summed E-state index contributed by atoms with van der Waals surface area (Å²) in [4.78, 5) is 0. The molecule has 0 spiro atoms. The largest absolute Gasteiger partial charge is 0.268 e. The van der Waals surface area contributed by atoms with Crippen molar-refractivity contribution in [2.45, 2.75) is 26.8 Å². The van der Waals surface area contributed by atoms with Gasteiger partial charge in [-0.1, -0.05) is 18.5 Å². The molecule has 74 valence electrons. The van der Waals surface area contributed by atoms with Gasteiger partial charge in [0.25, 0.3) is 0 Å². The maximum absolute atomic E-state index is 5.88. The number of halogens is 1. The highest BCUT2D eigenvalue weighted by Crippen LogP contribution is 2.13. The van der Waals surface area contributed by atoms with E-state index >= 15 is 0 Å². The molecule has 0 saturated heterocycles. The molecule has 0 fully saturated rings. The van der Waals surface area contributed by atoms with Crippen LogP contribution in [0, 0.1) is 6.92 Å². The van der Waals surface area contributed by atoms with Crippen LogP contribution in [0.1, 0.15) is 19.0 Å². The number of nitrogens with zero attached hydrogens (tertiary/aromatic N) is 2. The quantitative estimate of drug-likeness (QED) is 0.708. The second kappa shape index (κ2) is 5.55. The average molecular weight is 219 g/mol. The number of hydrogen-bond acceptors (Lipinski definition) is 2. The third-order valence-corrected chi connectivity index (χ3v) is 3.26. The van der Waals surface area contributed by atoms with Crippen molar-refractivity contribution in [3.05, 3.63) is 16.9 Å². The minimum absolute atomic E-state index is 0.767. The lowest BCUT2D eigenvalue weighted by Gasteiger charge is -2.03. The lowest BCUT2D eigenvalue weighted by Crippen LogP contribution is -2.03. The van der Waals surface area contributed by atoms with Gasteiger partial charge in [0.05, 0.1) is 16.9 Å². The van der Waals surface area contributed by atoms with Gasteiger partial charge >= 0.3 is 0 Å². The Morgan fingerprint density at radius 2 is 2.38 bits per heavy atom. The SMILES string of the molecule is CCSCCCn1ncc(Cl)c1C. The first-order chi connectivity index (χ1) is 6.25. The molecular weight excluding hydrogens is 204 g/mol. The van der Waals surface area contributed by atoms with Gasteiger partial charge < -0.3 is 0 Å². The van der Waals surface area contributed by atoms with E-state index in [4.69, 9.17) is 11.6 Å². The van der Waals surface area contributed by atoms with Crippen molar-refractivity contribution in [1.29, 1.82) is 0 Å². The Labute approximate surface area is 88.7 Å². The molecule has 1 rings (SSSR count). The van der Waals surface area contributed by atoms with E-state index in [2.05, 4.69) is 12.0 Å². The first kappa shape index (κ1) is 10.9. The number of rotatable bonds is 5. The van der Waals surface area contributed by atoms with Gasteiger partial charge in [-0.25, -0.2) is 0 Å². The lowest BCUT2D eigenvalue weighted by atomic mass is 10.4. The second-order valence-electron chi connectivity index (χ2n) is 2.85. The van der Waals surface area contributed by atoms with Crippen molar-refractivity contribution >= 4 is 23.4 Å². The highest BCUT2D eigenvalue weighted by Gasteiger charge is 2.02. The van der Waals surface area contributed by atoms with E-state index in [0.29, 0.717) is 0 Å². The molecule has 0 amide bonds. The molecular formula is C9H15ClN2S. The maximum Gasteiger partial charge on any atom is 0.0814 e. The predicted octanol–water partition coefficient (Wildman–Crippen LogP) is 2.99. The molecule has 0 atom stereocenters. The monoisotopic (exact) mass is 218 g/mol. The summed E-state index contributed by atoms with van der Waals surface area (Å²) in [5.41, 5.74) is 1.07. The first-order valence-electron chi connectivity index (χ1n) is 4.51. The summed E-state index contributed by atoms with van der Waals surface area (Å²) < 4.78 is 1.97. The molecule has 0 aliphatic heterocycles. The molecule has 0 radical (unpaired) electrons. The molecule has 0 aromatic carbocycles. The van der Waals surface area contributed by atoms with Gasteiger partial charge in [-0.05, 0) is 24.9 Å². The normalized spacial score (nSPS) is 10.7. The Bertz CT molecular complexity index is 260. The van der Waals surface area contributed by atoms with Crippen molar-refractivity contribution in [3.63, 3.8) is 0 Å². The van der Waals surface area contributed by atoms with Gasteiger partial charge in [-0.15, -0.1) is 0 Å². The van der Waals surface area contributed by atoms with E-state index in [9.17, 15) is 0 Å². The highest BCUT2D eigenvalue weighted by molar-refractivity contribution is 7.99. The first-order valence-corrected chi connectivity index (χ1v) is 6.04. The smallest absolute Gasteiger partial charge is 0.0814 e. The zero-order chi connectivity index (χ0) is 9.68. The molecule has 4 heteroatoms. The van der Waals surface area contributed by atoms with E-state index in [0.717, 1.165) is 23.7 Å². The zero-order valence-corrected chi connectivity index (χ0v) is 9.66. The molecule has 13 heavy (non-hydrogen) atoms. The van der Waals surface area contributed by atoms with Crippen molar-refractivity contribution in [2.24, 2.45) is 0 Å². The third-order valence-electron chi connectivity index (χ3n) is 1.91.